The molecule has 0 aliphatic carbocycles. The van der Waals surface area contributed by atoms with Gasteiger partial charge in [-0.3, -0.25) is 4.79 Å². The Morgan fingerprint density at radius 1 is 1.19 bits per heavy atom. The smallest absolute Gasteiger partial charge is 0.242 e. The standard InChI is InChI=1S/C19H19FIN5O/c1-12(2)18(13-7-9-14(20)10-8-13)22-17(27)11-26-19(23-24-25-26)15-5-3-4-6-16(15)21/h3-10,12,18H,11H2,1-2H3,(H,22,27). The van der Waals surface area contributed by atoms with Crippen LogP contribution >= 0.6 is 22.6 Å². The van der Waals surface area contributed by atoms with Crippen molar-refractivity contribution in [3.05, 3.63) is 63.5 Å². The van der Waals surface area contributed by atoms with E-state index in [0.717, 1.165) is 14.7 Å². The quantitative estimate of drug-likeness (QED) is 0.549. The molecule has 0 radical (unpaired) electrons. The first-order chi connectivity index (χ1) is 13.0. The lowest BCUT2D eigenvalue weighted by Crippen LogP contribution is -2.34. The van der Waals surface area contributed by atoms with Crippen LogP contribution in [0, 0.1) is 15.3 Å². The number of hydrogen-bond donors (Lipinski definition) is 1. The third-order valence-electron chi connectivity index (χ3n) is 4.15. The van der Waals surface area contributed by atoms with Gasteiger partial charge < -0.3 is 5.32 Å². The van der Waals surface area contributed by atoms with Crippen LogP contribution in [-0.2, 0) is 11.3 Å². The predicted octanol–water partition coefficient (Wildman–Crippen LogP) is 3.60. The van der Waals surface area contributed by atoms with Crippen molar-refractivity contribution in [2.24, 2.45) is 5.92 Å². The highest BCUT2D eigenvalue weighted by molar-refractivity contribution is 14.1. The van der Waals surface area contributed by atoms with Gasteiger partial charge in [0, 0.05) is 9.13 Å². The minimum atomic E-state index is -0.302. The minimum absolute atomic E-state index is 0.00226. The third-order valence-corrected chi connectivity index (χ3v) is 5.09. The van der Waals surface area contributed by atoms with E-state index in [9.17, 15) is 9.18 Å². The molecule has 0 spiro atoms. The molecule has 0 bridgehead atoms. The lowest BCUT2D eigenvalue weighted by atomic mass is 9.96. The van der Waals surface area contributed by atoms with Gasteiger partial charge in [-0.1, -0.05) is 44.2 Å². The highest BCUT2D eigenvalue weighted by Crippen LogP contribution is 2.24. The number of tetrazole rings is 1. The molecule has 8 heteroatoms. The molecule has 0 aliphatic rings. The molecule has 0 saturated heterocycles. The first-order valence-electron chi connectivity index (χ1n) is 8.51. The number of aromatic nitrogens is 4. The van der Waals surface area contributed by atoms with Gasteiger partial charge in [-0.05, 0) is 62.7 Å². The molecule has 1 unspecified atom stereocenters. The van der Waals surface area contributed by atoms with Crippen molar-refractivity contribution in [1.29, 1.82) is 0 Å². The van der Waals surface area contributed by atoms with Crippen LogP contribution in [0.15, 0.2) is 48.5 Å². The monoisotopic (exact) mass is 479 g/mol. The molecule has 2 aromatic carbocycles. The van der Waals surface area contributed by atoms with Crippen LogP contribution in [0.25, 0.3) is 11.4 Å². The van der Waals surface area contributed by atoms with E-state index < -0.39 is 0 Å². The summed E-state index contributed by atoms with van der Waals surface area (Å²) in [7, 11) is 0. The maximum absolute atomic E-state index is 13.2. The summed E-state index contributed by atoms with van der Waals surface area (Å²) in [5.74, 6) is 0.168. The normalized spacial score (nSPS) is 12.2. The Morgan fingerprint density at radius 2 is 1.89 bits per heavy atom. The number of amides is 1. The molecule has 0 fully saturated rings. The number of carbonyl (C=O) groups excluding carboxylic acids is 1. The summed E-state index contributed by atoms with van der Waals surface area (Å²) in [6, 6.07) is 13.7. The van der Waals surface area contributed by atoms with Crippen molar-refractivity contribution in [3.63, 3.8) is 0 Å². The maximum atomic E-state index is 13.2. The molecule has 1 N–H and O–H groups in total. The van der Waals surface area contributed by atoms with Gasteiger partial charge in [0.25, 0.3) is 0 Å². The van der Waals surface area contributed by atoms with Gasteiger partial charge in [-0.25, -0.2) is 9.07 Å². The van der Waals surface area contributed by atoms with Crippen molar-refractivity contribution in [1.82, 2.24) is 25.5 Å². The molecule has 0 saturated carbocycles. The van der Waals surface area contributed by atoms with Gasteiger partial charge in [0.05, 0.1) is 6.04 Å². The van der Waals surface area contributed by atoms with Crippen LogP contribution in [0.3, 0.4) is 0 Å². The zero-order valence-corrected chi connectivity index (χ0v) is 17.1. The van der Waals surface area contributed by atoms with Crippen LogP contribution in [0.1, 0.15) is 25.5 Å². The Morgan fingerprint density at radius 3 is 2.56 bits per heavy atom. The highest BCUT2D eigenvalue weighted by atomic mass is 127. The van der Waals surface area contributed by atoms with E-state index in [1.165, 1.54) is 16.8 Å². The summed E-state index contributed by atoms with van der Waals surface area (Å²) in [5.41, 5.74) is 1.73. The Balaban J connectivity index is 1.77. The zero-order chi connectivity index (χ0) is 19.4. The first kappa shape index (κ1) is 19.4. The van der Waals surface area contributed by atoms with Crippen LogP contribution in [0.2, 0.25) is 0 Å². The SMILES string of the molecule is CC(C)C(NC(=O)Cn1nnnc1-c1ccccc1I)c1ccc(F)cc1. The van der Waals surface area contributed by atoms with Crippen LogP contribution in [0.4, 0.5) is 4.39 Å². The van der Waals surface area contributed by atoms with Crippen molar-refractivity contribution in [2.45, 2.75) is 26.4 Å². The Labute approximate surface area is 170 Å². The summed E-state index contributed by atoms with van der Waals surface area (Å²) in [6.45, 7) is 4.00. The number of hydrogen-bond acceptors (Lipinski definition) is 4. The van der Waals surface area contributed by atoms with E-state index >= 15 is 0 Å². The first-order valence-corrected chi connectivity index (χ1v) is 9.59. The van der Waals surface area contributed by atoms with E-state index in [1.54, 1.807) is 12.1 Å². The fourth-order valence-electron chi connectivity index (χ4n) is 2.81. The predicted molar refractivity (Wildman–Crippen MR) is 108 cm³/mol. The molecular weight excluding hydrogens is 460 g/mol. The molecule has 27 heavy (non-hydrogen) atoms. The molecule has 3 aromatic rings. The molecule has 0 aliphatic heterocycles. The van der Waals surface area contributed by atoms with Gasteiger partial charge in [0.15, 0.2) is 5.82 Å². The van der Waals surface area contributed by atoms with E-state index in [0.29, 0.717) is 5.82 Å². The number of carbonyl (C=O) groups is 1. The number of nitrogens with zero attached hydrogens (tertiary/aromatic N) is 4. The minimum Gasteiger partial charge on any atom is -0.347 e. The second-order valence-electron chi connectivity index (χ2n) is 6.48. The largest absolute Gasteiger partial charge is 0.347 e. The Kier molecular flexibility index (Phi) is 6.15. The summed E-state index contributed by atoms with van der Waals surface area (Å²) in [5, 5.41) is 14.7. The fourth-order valence-corrected chi connectivity index (χ4v) is 3.44. The highest BCUT2D eigenvalue weighted by Gasteiger charge is 2.20. The molecule has 1 amide bonds. The van der Waals surface area contributed by atoms with Crippen molar-refractivity contribution < 1.29 is 9.18 Å². The summed E-state index contributed by atoms with van der Waals surface area (Å²) >= 11 is 2.21. The topological polar surface area (TPSA) is 72.7 Å². The lowest BCUT2D eigenvalue weighted by Gasteiger charge is -2.23. The van der Waals surface area contributed by atoms with E-state index in [1.807, 2.05) is 38.1 Å². The maximum Gasteiger partial charge on any atom is 0.242 e. The summed E-state index contributed by atoms with van der Waals surface area (Å²) in [6.07, 6.45) is 0. The zero-order valence-electron chi connectivity index (χ0n) is 14.9. The molecule has 1 atom stereocenters. The second kappa shape index (κ2) is 8.55. The van der Waals surface area contributed by atoms with Crippen LogP contribution < -0.4 is 5.32 Å². The average molecular weight is 479 g/mol. The summed E-state index contributed by atoms with van der Waals surface area (Å²) < 4.78 is 15.7. The van der Waals surface area contributed by atoms with Gasteiger partial charge in [-0.15, -0.1) is 5.10 Å². The Hall–Kier alpha value is -2.36. The molecule has 140 valence electrons. The number of rotatable bonds is 6. The van der Waals surface area contributed by atoms with Crippen LogP contribution in [-0.4, -0.2) is 26.1 Å². The van der Waals surface area contributed by atoms with Crippen LogP contribution in [0.5, 0.6) is 0 Å². The molecule has 6 nitrogen and oxygen atoms in total. The van der Waals surface area contributed by atoms with Crippen molar-refractivity contribution in [2.75, 3.05) is 0 Å². The van der Waals surface area contributed by atoms with Gasteiger partial charge in [0.1, 0.15) is 12.4 Å². The molecule has 3 rings (SSSR count). The fraction of sp³-hybridized carbons (Fsp3) is 0.263. The number of nitrogens with one attached hydrogen (secondary N) is 1. The molecule has 1 aromatic heterocycles. The van der Waals surface area contributed by atoms with E-state index in [2.05, 4.69) is 43.4 Å². The van der Waals surface area contributed by atoms with Gasteiger partial charge in [-0.2, -0.15) is 0 Å². The third kappa shape index (κ3) is 4.68. The van der Waals surface area contributed by atoms with Gasteiger partial charge >= 0.3 is 0 Å². The van der Waals surface area contributed by atoms with Crippen molar-refractivity contribution >= 4 is 28.5 Å². The van der Waals surface area contributed by atoms with E-state index in [4.69, 9.17) is 0 Å². The number of halogens is 2. The Bertz CT molecular complexity index is 926. The number of benzene rings is 2. The van der Waals surface area contributed by atoms with Gasteiger partial charge in [0.2, 0.25) is 5.91 Å². The van der Waals surface area contributed by atoms with Crippen molar-refractivity contribution in [3.8, 4) is 11.4 Å². The molecule has 1 heterocycles. The average Bonchev–Trinajstić information content (AvgIpc) is 3.08. The second-order valence-corrected chi connectivity index (χ2v) is 7.64. The lowest BCUT2D eigenvalue weighted by molar-refractivity contribution is -0.122. The van der Waals surface area contributed by atoms with E-state index in [-0.39, 0.29) is 30.2 Å². The molecular formula is C19H19FIN5O. The summed E-state index contributed by atoms with van der Waals surface area (Å²) in [4.78, 5) is 12.6.